The standard InChI is InChI=1S/C21H23FO3.C21H23FO2.C21H21FO2.C13H18O2.C8H7FO2.C6H15N.C2H4Cl2.CH2Cl2/c1-3-4-5-6-16-8-10-17(11-9-16)13-19(24)25-21-18(14-23)12-7-15(2)20(21)22;2*1-3-4-5-6-15-8-11-16(12-9-15)18-13-17-10-7-14(2)19(22)20(17)24-21(18)23;1-2-3-4-5-12-6-8-13(9-7-12)10-15-11-14;1-5-2-3-6(4-10)8(11)7(5)9;1-4-7(5-2)6-3;3-1-2-4;2-1-3/h7-12,14H,3-6,13H2,1-2H3;7-12,18H,3-6,13H2,1-2H3;7-13H,3-6H2,1-2H3;6-9,11H,2-5,10H2,1H3;2-4,11H,1H3;4-6H2,1-3H3;1-2H2;1H2. The molecule has 0 spiro atoms. The summed E-state index contributed by atoms with van der Waals surface area (Å²) in [7, 11) is 0. The molecular formula is C93H113Cl4F4NO11. The zero-order valence-corrected chi connectivity index (χ0v) is 70.4. The highest BCUT2D eigenvalue weighted by Gasteiger charge is 2.32. The summed E-state index contributed by atoms with van der Waals surface area (Å²) in [6, 6.07) is 46.7. The van der Waals surface area contributed by atoms with Crippen molar-refractivity contribution in [1.82, 2.24) is 4.90 Å². The lowest BCUT2D eigenvalue weighted by Crippen LogP contribution is -2.26. The van der Waals surface area contributed by atoms with Gasteiger partial charge in [-0.05, 0) is 196 Å². The molecule has 10 rings (SSSR count). The van der Waals surface area contributed by atoms with E-state index in [1.807, 2.05) is 78.9 Å². The van der Waals surface area contributed by atoms with Crippen LogP contribution in [0.15, 0.2) is 161 Å². The molecule has 612 valence electrons. The smallest absolute Gasteiger partial charge is 0.344 e. The number of fused-ring (bicyclic) bond motifs is 2. The number of alkyl halides is 4. The molecule has 2 heterocycles. The Labute approximate surface area is 686 Å². The fourth-order valence-electron chi connectivity index (χ4n) is 11.6. The van der Waals surface area contributed by atoms with Crippen LogP contribution in [0, 0.1) is 51.0 Å². The molecule has 113 heavy (non-hydrogen) atoms. The summed E-state index contributed by atoms with van der Waals surface area (Å²) >= 11 is 19.6. The first-order valence-electron chi connectivity index (χ1n) is 38.9. The van der Waals surface area contributed by atoms with Crippen LogP contribution in [0.5, 0.6) is 17.2 Å². The quantitative estimate of drug-likeness (QED) is 0.00862. The summed E-state index contributed by atoms with van der Waals surface area (Å²) in [4.78, 5) is 70.2. The minimum Gasteiger partial charge on any atom is -0.504 e. The lowest BCUT2D eigenvalue weighted by molar-refractivity contribution is -0.137. The van der Waals surface area contributed by atoms with Gasteiger partial charge in [0.15, 0.2) is 58.7 Å². The summed E-state index contributed by atoms with van der Waals surface area (Å²) in [6.07, 6.45) is 20.3. The lowest BCUT2D eigenvalue weighted by Gasteiger charge is -2.24. The number of halogens is 8. The van der Waals surface area contributed by atoms with Crippen molar-refractivity contribution in [3.8, 4) is 28.4 Å². The predicted octanol–water partition coefficient (Wildman–Crippen LogP) is 24.6. The number of ether oxygens (including phenoxy) is 3. The lowest BCUT2D eigenvalue weighted by atomic mass is 9.88. The highest BCUT2D eigenvalue weighted by atomic mass is 35.5. The van der Waals surface area contributed by atoms with Crippen LogP contribution in [0.2, 0.25) is 0 Å². The molecule has 0 bridgehead atoms. The van der Waals surface area contributed by atoms with Crippen molar-refractivity contribution in [2.75, 3.05) is 36.7 Å². The first-order chi connectivity index (χ1) is 54.4. The number of carbonyl (C=O) groups is 5. The van der Waals surface area contributed by atoms with Gasteiger partial charge in [0.25, 0.3) is 6.47 Å². The molecule has 0 amide bonds. The molecule has 0 aliphatic carbocycles. The number of nitrogens with zero attached hydrogens (tertiary/aromatic N) is 1. The Balaban J connectivity index is 0.000000357. The van der Waals surface area contributed by atoms with E-state index in [1.54, 1.807) is 45.0 Å². The van der Waals surface area contributed by atoms with E-state index in [2.05, 4.69) is 82.4 Å². The number of phenolic OH excluding ortho intramolecular Hbond substituents is 1. The van der Waals surface area contributed by atoms with Crippen molar-refractivity contribution in [3.63, 3.8) is 0 Å². The third-order valence-electron chi connectivity index (χ3n) is 18.5. The Morgan fingerprint density at radius 3 is 1.38 bits per heavy atom. The normalized spacial score (nSPS) is 11.5. The zero-order chi connectivity index (χ0) is 83.6. The Morgan fingerprint density at radius 2 is 0.929 bits per heavy atom. The van der Waals surface area contributed by atoms with E-state index in [-0.39, 0.29) is 51.9 Å². The predicted molar refractivity (Wildman–Crippen MR) is 454 cm³/mol. The fraction of sp³-hybridized carbons (Fsp3) is 0.398. The Hall–Kier alpha value is -8.64. The van der Waals surface area contributed by atoms with Gasteiger partial charge in [-0.1, -0.05) is 233 Å². The van der Waals surface area contributed by atoms with Crippen molar-refractivity contribution >= 4 is 88.4 Å². The van der Waals surface area contributed by atoms with E-state index in [0.717, 1.165) is 59.9 Å². The van der Waals surface area contributed by atoms with Crippen molar-refractivity contribution < 1.29 is 65.3 Å². The van der Waals surface area contributed by atoms with Crippen LogP contribution < -0.4 is 15.1 Å². The molecule has 0 saturated carbocycles. The maximum Gasteiger partial charge on any atom is 0.344 e. The summed E-state index contributed by atoms with van der Waals surface area (Å²) in [5.41, 5.74) is 11.1. The Bertz CT molecular complexity index is 4340. The third kappa shape index (κ3) is 34.9. The third-order valence-corrected chi connectivity index (χ3v) is 19.1. The molecular weight excluding hydrogens is 1520 g/mol. The Morgan fingerprint density at radius 1 is 0.513 bits per heavy atom. The van der Waals surface area contributed by atoms with E-state index in [0.29, 0.717) is 77.0 Å². The number of unbranched alkanes of at least 4 members (excludes halogenated alkanes) is 8. The largest absolute Gasteiger partial charge is 0.504 e. The number of phenols is 1. The molecule has 1 unspecified atom stereocenters. The molecule has 0 radical (unpaired) electrons. The number of esters is 2. The molecule has 1 aromatic heterocycles. The highest BCUT2D eigenvalue weighted by Crippen LogP contribution is 2.37. The van der Waals surface area contributed by atoms with Gasteiger partial charge in [-0.2, -0.15) is 0 Å². The second kappa shape index (κ2) is 56.6. The van der Waals surface area contributed by atoms with Gasteiger partial charge in [0.1, 0.15) is 6.61 Å². The van der Waals surface area contributed by atoms with Crippen LogP contribution in [0.25, 0.3) is 22.1 Å². The van der Waals surface area contributed by atoms with Gasteiger partial charge in [-0.15, -0.1) is 46.4 Å². The van der Waals surface area contributed by atoms with E-state index >= 15 is 0 Å². The molecule has 1 aliphatic heterocycles. The molecule has 0 saturated heterocycles. The molecule has 20 heteroatoms. The zero-order valence-electron chi connectivity index (χ0n) is 67.4. The van der Waals surface area contributed by atoms with E-state index in [9.17, 15) is 46.3 Å². The SMILES string of the molecule is CCCCCc1ccc(-c2cc3ccc(C)c(F)c3oc2=O)cc1.CCCCCc1ccc(C2Cc3ccc(C)c(F)c3OC2=O)cc1.CCCCCc1ccc(CC(=O)Oc2c(C=O)ccc(C)c2F)cc1.CCCCCc1ccc(COC=O)cc1.CCN(CC)CC.Cc1ccc(C=O)c(O)c1F.ClCCCl.ClCCl. The molecule has 1 atom stereocenters. The van der Waals surface area contributed by atoms with Crippen LogP contribution >= 0.6 is 46.4 Å². The van der Waals surface area contributed by atoms with Crippen molar-refractivity contribution in [2.45, 2.75) is 204 Å². The molecule has 0 fully saturated rings. The van der Waals surface area contributed by atoms with E-state index in [4.69, 9.17) is 65.4 Å². The van der Waals surface area contributed by atoms with Crippen LogP contribution in [-0.4, -0.2) is 77.7 Å². The number of carbonyl (C=O) groups excluding carboxylic acids is 5. The number of benzene rings is 8. The molecule has 8 aromatic carbocycles. The topological polar surface area (TPSA) is 167 Å². The second-order valence-corrected chi connectivity index (χ2v) is 28.5. The number of hydrogen-bond donors (Lipinski definition) is 1. The van der Waals surface area contributed by atoms with Crippen LogP contribution in [-0.2, 0) is 64.3 Å². The van der Waals surface area contributed by atoms with Gasteiger partial charge >= 0.3 is 17.6 Å². The van der Waals surface area contributed by atoms with Gasteiger partial charge in [-0.25, -0.2) is 22.4 Å². The molecule has 9 aromatic rings. The van der Waals surface area contributed by atoms with Crippen molar-refractivity contribution in [2.24, 2.45) is 0 Å². The minimum absolute atomic E-state index is 0.0203. The van der Waals surface area contributed by atoms with Crippen LogP contribution in [0.4, 0.5) is 17.6 Å². The van der Waals surface area contributed by atoms with Crippen molar-refractivity contribution in [1.29, 1.82) is 0 Å². The van der Waals surface area contributed by atoms with Gasteiger partial charge in [0.05, 0.1) is 34.4 Å². The van der Waals surface area contributed by atoms with Gasteiger partial charge in [-0.3, -0.25) is 24.0 Å². The number of aryl methyl sites for hydroxylation is 8. The van der Waals surface area contributed by atoms with Crippen LogP contribution in [0.3, 0.4) is 0 Å². The monoisotopic (exact) mass is 1640 g/mol. The summed E-state index contributed by atoms with van der Waals surface area (Å²) < 4.78 is 75.4. The fourth-order valence-corrected chi connectivity index (χ4v) is 11.6. The molecule has 1 aliphatic rings. The second-order valence-electron chi connectivity index (χ2n) is 27.0. The van der Waals surface area contributed by atoms with Gasteiger partial charge in [0, 0.05) is 17.1 Å². The summed E-state index contributed by atoms with van der Waals surface area (Å²) in [5, 5.41) is 9.76. The molecule has 1 N–H and O–H groups in total. The van der Waals surface area contributed by atoms with Gasteiger partial charge in [0.2, 0.25) is 0 Å². The number of aldehydes is 2. The maximum absolute atomic E-state index is 14.1. The first-order valence-corrected chi connectivity index (χ1v) is 41.1. The molecule has 12 nitrogen and oxygen atoms in total. The van der Waals surface area contributed by atoms with Crippen LogP contribution in [0.1, 0.15) is 219 Å². The summed E-state index contributed by atoms with van der Waals surface area (Å²) in [5.74, 6) is -3.26. The first kappa shape index (κ1) is 98.6. The highest BCUT2D eigenvalue weighted by molar-refractivity contribution is 6.40. The van der Waals surface area contributed by atoms with Crippen molar-refractivity contribution in [3.05, 3.63) is 263 Å². The van der Waals surface area contributed by atoms with E-state index in [1.165, 1.54) is 144 Å². The number of aromatic hydroxyl groups is 1. The number of rotatable bonds is 30. The van der Waals surface area contributed by atoms with Gasteiger partial charge < -0.3 is 28.6 Å². The summed E-state index contributed by atoms with van der Waals surface area (Å²) in [6.45, 7) is 26.1. The number of hydrogen-bond acceptors (Lipinski definition) is 12. The average Bonchev–Trinajstić information content (AvgIpc) is 0.787. The minimum atomic E-state index is -0.727. The average molecular weight is 1640 g/mol. The Kier molecular flexibility index (Phi) is 49.3. The maximum atomic E-state index is 14.1. The van der Waals surface area contributed by atoms with E-state index < -0.39 is 40.6 Å².